The number of hydrogen-bond acceptors (Lipinski definition) is 5. The van der Waals surface area contributed by atoms with E-state index in [1.807, 2.05) is 18.2 Å². The number of nitrogens with zero attached hydrogens (tertiary/aromatic N) is 1. The van der Waals surface area contributed by atoms with Crippen LogP contribution in [0, 0.1) is 5.41 Å². The van der Waals surface area contributed by atoms with Crippen LogP contribution in [-0.4, -0.2) is 24.2 Å². The van der Waals surface area contributed by atoms with Crippen LogP contribution in [0.3, 0.4) is 0 Å². The third kappa shape index (κ3) is 3.35. The van der Waals surface area contributed by atoms with Crippen LogP contribution in [0.15, 0.2) is 24.3 Å². The highest BCUT2D eigenvalue weighted by atomic mass is 32.1. The Kier molecular flexibility index (Phi) is 4.75. The van der Waals surface area contributed by atoms with Gasteiger partial charge >= 0.3 is 0 Å². The van der Waals surface area contributed by atoms with Gasteiger partial charge in [-0.25, -0.2) is 4.98 Å². The maximum Gasteiger partial charge on any atom is 0.0955 e. The molecule has 2 rings (SSSR count). The smallest absolute Gasteiger partial charge is 0.0955 e. The maximum atomic E-state index is 5.73. The molecule has 0 spiro atoms. The third-order valence-electron chi connectivity index (χ3n) is 3.42. The zero-order chi connectivity index (χ0) is 14.8. The molecule has 2 aromatic rings. The second-order valence-electron chi connectivity index (χ2n) is 6.07. The van der Waals surface area contributed by atoms with E-state index in [0.717, 1.165) is 16.9 Å². The van der Waals surface area contributed by atoms with Crippen LogP contribution in [0.2, 0.25) is 0 Å². The molecule has 5 heteroatoms. The van der Waals surface area contributed by atoms with Crippen molar-refractivity contribution in [3.63, 3.8) is 0 Å². The number of nitrogens with two attached hydrogens (primary N) is 1. The quantitative estimate of drug-likeness (QED) is 0.657. The van der Waals surface area contributed by atoms with Gasteiger partial charge in [-0.2, -0.15) is 0 Å². The normalized spacial score (nSPS) is 15.4. The van der Waals surface area contributed by atoms with Crippen molar-refractivity contribution in [2.24, 2.45) is 11.3 Å². The fourth-order valence-electron chi connectivity index (χ4n) is 2.57. The summed E-state index contributed by atoms with van der Waals surface area (Å²) < 4.78 is 6.86. The van der Waals surface area contributed by atoms with Gasteiger partial charge in [0.2, 0.25) is 0 Å². The molecule has 2 unspecified atom stereocenters. The monoisotopic (exact) mass is 293 g/mol. The van der Waals surface area contributed by atoms with Gasteiger partial charge in [-0.05, 0) is 17.5 Å². The van der Waals surface area contributed by atoms with Gasteiger partial charge in [0.1, 0.15) is 0 Å². The average Bonchev–Trinajstić information content (AvgIpc) is 2.79. The highest BCUT2D eigenvalue weighted by molar-refractivity contribution is 7.18. The molecule has 0 aliphatic heterocycles. The molecule has 4 nitrogen and oxygen atoms in total. The first kappa shape index (κ1) is 15.4. The topological polar surface area (TPSA) is 60.2 Å². The van der Waals surface area contributed by atoms with E-state index < -0.39 is 0 Å². The van der Waals surface area contributed by atoms with E-state index >= 15 is 0 Å². The number of thiazole rings is 1. The summed E-state index contributed by atoms with van der Waals surface area (Å²) in [5, 5.41) is 1.08. The number of hydrogen-bond donors (Lipinski definition) is 2. The zero-order valence-corrected chi connectivity index (χ0v) is 13.3. The summed E-state index contributed by atoms with van der Waals surface area (Å²) in [7, 11) is 1.73. The van der Waals surface area contributed by atoms with Gasteiger partial charge in [-0.3, -0.25) is 11.3 Å². The van der Waals surface area contributed by atoms with Gasteiger partial charge in [0.25, 0.3) is 0 Å². The van der Waals surface area contributed by atoms with E-state index in [2.05, 4.69) is 37.2 Å². The van der Waals surface area contributed by atoms with Gasteiger partial charge < -0.3 is 4.74 Å². The minimum atomic E-state index is 0.0163. The van der Waals surface area contributed by atoms with Gasteiger partial charge in [0, 0.05) is 13.5 Å². The van der Waals surface area contributed by atoms with Crippen molar-refractivity contribution in [2.45, 2.75) is 39.3 Å². The summed E-state index contributed by atoms with van der Waals surface area (Å²) in [5.41, 5.74) is 3.96. The van der Waals surface area contributed by atoms with Crippen LogP contribution in [-0.2, 0) is 11.2 Å². The molecular formula is C15H23N3OS. The zero-order valence-electron chi connectivity index (χ0n) is 12.5. The van der Waals surface area contributed by atoms with Crippen LogP contribution in [0.5, 0.6) is 0 Å². The van der Waals surface area contributed by atoms with E-state index in [1.165, 1.54) is 4.70 Å². The first-order valence-corrected chi connectivity index (χ1v) is 7.60. The average molecular weight is 293 g/mol. The largest absolute Gasteiger partial charge is 0.379 e. The standard InChI is InChI=1S/C15H23N3OS/c1-15(2,3)14(19-4)11(18-16)9-13-17-10-7-5-6-8-12(10)20-13/h5-8,11,14,18H,9,16H2,1-4H3. The molecular weight excluding hydrogens is 270 g/mol. The number of fused-ring (bicyclic) bond motifs is 1. The number of methoxy groups -OCH3 is 1. The van der Waals surface area contributed by atoms with Crippen molar-refractivity contribution >= 4 is 21.6 Å². The van der Waals surface area contributed by atoms with Gasteiger partial charge in [-0.15, -0.1) is 11.3 Å². The van der Waals surface area contributed by atoms with Gasteiger partial charge in [0.05, 0.1) is 27.4 Å². The Morgan fingerprint density at radius 2 is 2.05 bits per heavy atom. The van der Waals surface area contributed by atoms with Crippen molar-refractivity contribution in [3.8, 4) is 0 Å². The minimum Gasteiger partial charge on any atom is -0.379 e. The summed E-state index contributed by atoms with van der Waals surface area (Å²) in [6, 6.07) is 8.23. The van der Waals surface area contributed by atoms with Gasteiger partial charge in [-0.1, -0.05) is 32.9 Å². The number of rotatable bonds is 5. The van der Waals surface area contributed by atoms with Crippen molar-refractivity contribution in [2.75, 3.05) is 7.11 Å². The molecule has 2 atom stereocenters. The summed E-state index contributed by atoms with van der Waals surface area (Å²) in [4.78, 5) is 4.67. The summed E-state index contributed by atoms with van der Waals surface area (Å²) in [6.45, 7) is 6.47. The van der Waals surface area contributed by atoms with Crippen molar-refractivity contribution in [3.05, 3.63) is 29.3 Å². The Morgan fingerprint density at radius 3 is 2.60 bits per heavy atom. The van der Waals surface area contributed by atoms with Crippen LogP contribution in [0.25, 0.3) is 10.2 Å². The minimum absolute atomic E-state index is 0.0163. The molecule has 3 N–H and O–H groups in total. The lowest BCUT2D eigenvalue weighted by Crippen LogP contribution is -2.51. The Balaban J connectivity index is 2.20. The number of ether oxygens (including phenoxy) is 1. The molecule has 1 aromatic heterocycles. The second kappa shape index (κ2) is 6.18. The number of nitrogens with one attached hydrogen (secondary N) is 1. The lowest BCUT2D eigenvalue weighted by Gasteiger charge is -2.35. The molecule has 0 saturated heterocycles. The van der Waals surface area contributed by atoms with E-state index in [4.69, 9.17) is 10.6 Å². The first-order chi connectivity index (χ1) is 9.45. The summed E-state index contributed by atoms with van der Waals surface area (Å²) in [6.07, 6.45) is 0.797. The van der Waals surface area contributed by atoms with E-state index in [0.29, 0.717) is 0 Å². The molecule has 0 saturated carbocycles. The SMILES string of the molecule is COC(C(Cc1nc2ccccc2s1)NN)C(C)(C)C. The molecule has 0 amide bonds. The molecule has 0 aliphatic rings. The highest BCUT2D eigenvalue weighted by Gasteiger charge is 2.32. The third-order valence-corrected chi connectivity index (χ3v) is 4.48. The number of hydrazine groups is 1. The fraction of sp³-hybridized carbons (Fsp3) is 0.533. The molecule has 0 radical (unpaired) electrons. The molecule has 0 fully saturated rings. The Labute approximate surface area is 124 Å². The lowest BCUT2D eigenvalue weighted by atomic mass is 9.83. The Morgan fingerprint density at radius 1 is 1.35 bits per heavy atom. The first-order valence-electron chi connectivity index (χ1n) is 6.79. The Bertz CT molecular complexity index is 528. The van der Waals surface area contributed by atoms with Gasteiger partial charge in [0.15, 0.2) is 0 Å². The molecule has 0 aliphatic carbocycles. The summed E-state index contributed by atoms with van der Waals surface area (Å²) >= 11 is 1.72. The predicted molar refractivity (Wildman–Crippen MR) is 84.7 cm³/mol. The van der Waals surface area contributed by atoms with Crippen molar-refractivity contribution in [1.29, 1.82) is 0 Å². The molecule has 20 heavy (non-hydrogen) atoms. The van der Waals surface area contributed by atoms with E-state index in [-0.39, 0.29) is 17.6 Å². The number of benzene rings is 1. The van der Waals surface area contributed by atoms with Crippen LogP contribution in [0.4, 0.5) is 0 Å². The molecule has 1 aromatic carbocycles. The number of aromatic nitrogens is 1. The molecule has 110 valence electrons. The van der Waals surface area contributed by atoms with Crippen molar-refractivity contribution in [1.82, 2.24) is 10.4 Å². The maximum absolute atomic E-state index is 5.73. The van der Waals surface area contributed by atoms with E-state index in [1.54, 1.807) is 18.4 Å². The lowest BCUT2D eigenvalue weighted by molar-refractivity contribution is -0.0110. The van der Waals surface area contributed by atoms with Crippen LogP contribution in [0.1, 0.15) is 25.8 Å². The Hall–Kier alpha value is -1.01. The highest BCUT2D eigenvalue weighted by Crippen LogP contribution is 2.28. The number of para-hydroxylation sites is 1. The second-order valence-corrected chi connectivity index (χ2v) is 7.19. The predicted octanol–water partition coefficient (Wildman–Crippen LogP) is 2.73. The fourth-order valence-corrected chi connectivity index (χ4v) is 3.60. The van der Waals surface area contributed by atoms with Crippen LogP contribution < -0.4 is 11.3 Å². The van der Waals surface area contributed by atoms with E-state index in [9.17, 15) is 0 Å². The summed E-state index contributed by atoms with van der Waals surface area (Å²) in [5.74, 6) is 5.73. The molecule has 0 bridgehead atoms. The molecule has 1 heterocycles. The van der Waals surface area contributed by atoms with Crippen molar-refractivity contribution < 1.29 is 4.74 Å². The van der Waals surface area contributed by atoms with Crippen LogP contribution >= 0.6 is 11.3 Å².